The number of aromatic nitrogens is 3. The van der Waals surface area contributed by atoms with Crippen LogP contribution in [0, 0.1) is 13.8 Å². The molecule has 1 aliphatic rings. The molecule has 1 unspecified atom stereocenters. The van der Waals surface area contributed by atoms with Crippen molar-refractivity contribution in [2.24, 2.45) is 0 Å². The lowest BCUT2D eigenvalue weighted by molar-refractivity contribution is 0.0912. The van der Waals surface area contributed by atoms with Gasteiger partial charge in [0.05, 0.1) is 28.6 Å². The van der Waals surface area contributed by atoms with E-state index in [9.17, 15) is 4.79 Å². The van der Waals surface area contributed by atoms with E-state index in [2.05, 4.69) is 4.98 Å². The molecule has 0 bridgehead atoms. The Bertz CT molecular complexity index is 1260. The highest BCUT2D eigenvalue weighted by Crippen LogP contribution is 2.34. The molecule has 1 aliphatic heterocycles. The number of carbonyl (C=O) groups excluding carboxylic acids is 1. The molecule has 4 aromatic rings. The van der Waals surface area contributed by atoms with Crippen LogP contribution in [0.25, 0.3) is 15.9 Å². The predicted octanol–water partition coefficient (Wildman–Crippen LogP) is 5.04. The summed E-state index contributed by atoms with van der Waals surface area (Å²) in [6, 6.07) is 9.52. The first-order chi connectivity index (χ1) is 14.5. The number of imidazole rings is 1. The van der Waals surface area contributed by atoms with Gasteiger partial charge in [-0.25, -0.2) is 9.97 Å². The van der Waals surface area contributed by atoms with Crippen molar-refractivity contribution >= 4 is 49.8 Å². The highest BCUT2D eigenvalue weighted by Gasteiger charge is 2.30. The number of hydrogen-bond acceptors (Lipinski definition) is 5. The zero-order valence-electron chi connectivity index (χ0n) is 16.8. The quantitative estimate of drug-likeness (QED) is 0.446. The zero-order valence-corrected chi connectivity index (χ0v) is 18.3. The van der Waals surface area contributed by atoms with Gasteiger partial charge in [-0.3, -0.25) is 14.1 Å². The minimum atomic E-state index is -0.121. The van der Waals surface area contributed by atoms with Crippen LogP contribution >= 0.6 is 22.9 Å². The summed E-state index contributed by atoms with van der Waals surface area (Å²) in [5, 5.41) is 1.32. The van der Waals surface area contributed by atoms with Crippen LogP contribution in [0.1, 0.15) is 34.6 Å². The SMILES string of the molecule is Cc1nc2ccccn2c1C(=O)N(CC1CCCO1)c1nc2c(C)cc(Cl)cc2s1. The Balaban J connectivity index is 1.62. The van der Waals surface area contributed by atoms with Crippen LogP contribution in [0.3, 0.4) is 0 Å². The van der Waals surface area contributed by atoms with Crippen LogP contribution < -0.4 is 4.90 Å². The summed E-state index contributed by atoms with van der Waals surface area (Å²) >= 11 is 7.73. The van der Waals surface area contributed by atoms with Crippen molar-refractivity contribution in [3.05, 3.63) is 58.5 Å². The second-order valence-electron chi connectivity index (χ2n) is 7.59. The Morgan fingerprint density at radius 2 is 2.20 bits per heavy atom. The average Bonchev–Trinajstić information content (AvgIpc) is 3.43. The van der Waals surface area contributed by atoms with E-state index in [0.29, 0.717) is 28.1 Å². The van der Waals surface area contributed by atoms with Crippen LogP contribution in [0.4, 0.5) is 5.13 Å². The summed E-state index contributed by atoms with van der Waals surface area (Å²) in [6.07, 6.45) is 3.82. The van der Waals surface area contributed by atoms with Crippen LogP contribution in [-0.4, -0.2) is 39.5 Å². The van der Waals surface area contributed by atoms with Gasteiger partial charge in [0.2, 0.25) is 0 Å². The van der Waals surface area contributed by atoms with E-state index < -0.39 is 0 Å². The second kappa shape index (κ2) is 7.65. The number of benzene rings is 1. The summed E-state index contributed by atoms with van der Waals surface area (Å²) in [4.78, 5) is 24.9. The lowest BCUT2D eigenvalue weighted by atomic mass is 10.2. The van der Waals surface area contributed by atoms with Crippen LogP contribution in [0.5, 0.6) is 0 Å². The maximum Gasteiger partial charge on any atom is 0.279 e. The summed E-state index contributed by atoms with van der Waals surface area (Å²) < 4.78 is 8.66. The average molecular weight is 441 g/mol. The van der Waals surface area contributed by atoms with Gasteiger partial charge in [0.25, 0.3) is 5.91 Å². The third-order valence-corrected chi connectivity index (χ3v) is 6.68. The minimum Gasteiger partial charge on any atom is -0.376 e. The maximum atomic E-state index is 13.8. The molecule has 8 heteroatoms. The summed E-state index contributed by atoms with van der Waals surface area (Å²) in [7, 11) is 0. The molecule has 30 heavy (non-hydrogen) atoms. The van der Waals surface area contributed by atoms with Crippen molar-refractivity contribution in [2.45, 2.75) is 32.8 Å². The van der Waals surface area contributed by atoms with Gasteiger partial charge < -0.3 is 4.74 Å². The molecule has 4 heterocycles. The second-order valence-corrected chi connectivity index (χ2v) is 9.04. The number of carbonyl (C=O) groups is 1. The monoisotopic (exact) mass is 440 g/mol. The molecule has 1 atom stereocenters. The predicted molar refractivity (Wildman–Crippen MR) is 120 cm³/mol. The summed E-state index contributed by atoms with van der Waals surface area (Å²) in [6.45, 7) is 5.05. The molecule has 3 aromatic heterocycles. The first-order valence-corrected chi connectivity index (χ1v) is 11.1. The molecule has 154 valence electrons. The van der Waals surface area contributed by atoms with E-state index in [0.717, 1.165) is 40.9 Å². The normalized spacial score (nSPS) is 16.6. The number of fused-ring (bicyclic) bond motifs is 2. The first-order valence-electron chi connectivity index (χ1n) is 9.95. The van der Waals surface area contributed by atoms with Crippen molar-refractivity contribution in [3.8, 4) is 0 Å². The van der Waals surface area contributed by atoms with Crippen LogP contribution in [0.15, 0.2) is 36.5 Å². The van der Waals surface area contributed by atoms with E-state index in [1.165, 1.54) is 11.3 Å². The highest BCUT2D eigenvalue weighted by molar-refractivity contribution is 7.22. The summed E-state index contributed by atoms with van der Waals surface area (Å²) in [5.74, 6) is -0.121. The maximum absolute atomic E-state index is 13.8. The van der Waals surface area contributed by atoms with Crippen molar-refractivity contribution in [2.75, 3.05) is 18.1 Å². The van der Waals surface area contributed by atoms with Gasteiger partial charge in [-0.15, -0.1) is 0 Å². The first kappa shape index (κ1) is 19.5. The van der Waals surface area contributed by atoms with Gasteiger partial charge >= 0.3 is 0 Å². The van der Waals surface area contributed by atoms with Gasteiger partial charge in [0.15, 0.2) is 5.13 Å². The van der Waals surface area contributed by atoms with Crippen molar-refractivity contribution in [1.29, 1.82) is 0 Å². The van der Waals surface area contributed by atoms with E-state index in [1.54, 1.807) is 4.90 Å². The highest BCUT2D eigenvalue weighted by atomic mass is 35.5. The van der Waals surface area contributed by atoms with Crippen molar-refractivity contribution < 1.29 is 9.53 Å². The Hall–Kier alpha value is -2.48. The van der Waals surface area contributed by atoms with E-state index in [1.807, 2.05) is 54.8 Å². The van der Waals surface area contributed by atoms with Gasteiger partial charge in [-0.1, -0.05) is 29.0 Å². The molecule has 1 aromatic carbocycles. The van der Waals surface area contributed by atoms with Crippen LogP contribution in [-0.2, 0) is 4.74 Å². The fourth-order valence-electron chi connectivity index (χ4n) is 4.00. The smallest absolute Gasteiger partial charge is 0.279 e. The van der Waals surface area contributed by atoms with E-state index >= 15 is 0 Å². The number of rotatable bonds is 4. The molecule has 0 saturated carbocycles. The topological polar surface area (TPSA) is 59.7 Å². The number of amides is 1. The largest absolute Gasteiger partial charge is 0.376 e. The number of thiazole rings is 1. The van der Waals surface area contributed by atoms with E-state index in [4.69, 9.17) is 21.3 Å². The van der Waals surface area contributed by atoms with Gasteiger partial charge in [-0.2, -0.15) is 0 Å². The molecule has 5 rings (SSSR count). The van der Waals surface area contributed by atoms with Crippen molar-refractivity contribution in [3.63, 3.8) is 0 Å². The third kappa shape index (κ3) is 3.37. The molecule has 1 saturated heterocycles. The Morgan fingerprint density at radius 1 is 1.33 bits per heavy atom. The fourth-order valence-corrected chi connectivity index (χ4v) is 5.42. The van der Waals surface area contributed by atoms with Gasteiger partial charge in [0.1, 0.15) is 11.3 Å². The molecule has 0 spiro atoms. The molecule has 0 radical (unpaired) electrons. The fraction of sp³-hybridized carbons (Fsp3) is 0.318. The van der Waals surface area contributed by atoms with Gasteiger partial charge in [-0.05, 0) is 56.5 Å². The molecule has 0 aliphatic carbocycles. The standard InChI is InChI=1S/C22H21ClN4O2S/c1-13-10-15(23)11-17-19(13)25-22(30-17)27(12-16-6-5-9-29-16)21(28)20-14(2)24-18-7-3-4-8-26(18)20/h3-4,7-8,10-11,16H,5-6,9,12H2,1-2H3. The molecule has 0 N–H and O–H groups in total. The Labute approximate surface area is 183 Å². The molecule has 1 amide bonds. The molecular formula is C22H21ClN4O2S. The lowest BCUT2D eigenvalue weighted by Crippen LogP contribution is -2.38. The molecule has 6 nitrogen and oxygen atoms in total. The number of anilines is 1. The summed E-state index contributed by atoms with van der Waals surface area (Å²) in [5.41, 5.74) is 3.87. The number of nitrogens with zero attached hydrogens (tertiary/aromatic N) is 4. The molecule has 1 fully saturated rings. The third-order valence-electron chi connectivity index (χ3n) is 5.43. The number of ether oxygens (including phenoxy) is 1. The zero-order chi connectivity index (χ0) is 20.8. The minimum absolute atomic E-state index is 0.00476. The van der Waals surface area contributed by atoms with E-state index in [-0.39, 0.29) is 12.0 Å². The van der Waals surface area contributed by atoms with Crippen LogP contribution in [0.2, 0.25) is 5.02 Å². The number of hydrogen-bond donors (Lipinski definition) is 0. The Morgan fingerprint density at radius 3 is 3.00 bits per heavy atom. The Kier molecular flexibility index (Phi) is 4.97. The molecular weight excluding hydrogens is 420 g/mol. The van der Waals surface area contributed by atoms with Gasteiger partial charge in [0, 0.05) is 17.8 Å². The number of halogens is 1. The van der Waals surface area contributed by atoms with Crippen molar-refractivity contribution in [1.82, 2.24) is 14.4 Å². The number of aryl methyl sites for hydroxylation is 2. The lowest BCUT2D eigenvalue weighted by Gasteiger charge is -2.23. The number of pyridine rings is 1.